The summed E-state index contributed by atoms with van der Waals surface area (Å²) in [5, 5.41) is 6.97. The number of aryl methyl sites for hydroxylation is 1. The Kier molecular flexibility index (Phi) is 6.17. The van der Waals surface area contributed by atoms with Crippen LogP contribution in [-0.4, -0.2) is 39.5 Å². The topological polar surface area (TPSA) is 121 Å². The summed E-state index contributed by atoms with van der Waals surface area (Å²) < 4.78 is 48.8. The molecule has 0 bridgehead atoms. The molecule has 170 valence electrons. The average molecular weight is 466 g/mol. The first-order valence-electron chi connectivity index (χ1n) is 9.81. The quantitative estimate of drug-likeness (QED) is 0.543. The highest BCUT2D eigenvalue weighted by molar-refractivity contribution is 7.19. The van der Waals surface area contributed by atoms with E-state index in [0.29, 0.717) is 24.2 Å². The highest BCUT2D eigenvalue weighted by Crippen LogP contribution is 2.35. The minimum absolute atomic E-state index is 0.0450. The number of benzene rings is 1. The molecule has 0 spiro atoms. The van der Waals surface area contributed by atoms with E-state index in [4.69, 9.17) is 16.2 Å². The monoisotopic (exact) mass is 466 g/mol. The Morgan fingerprint density at radius 1 is 1.34 bits per heavy atom. The summed E-state index contributed by atoms with van der Waals surface area (Å²) in [5.41, 5.74) is 12.4. The summed E-state index contributed by atoms with van der Waals surface area (Å²) in [6.07, 6.45) is 0.499. The van der Waals surface area contributed by atoms with Crippen LogP contribution >= 0.6 is 11.3 Å². The summed E-state index contributed by atoms with van der Waals surface area (Å²) >= 11 is 0.868. The van der Waals surface area contributed by atoms with Gasteiger partial charge in [0.1, 0.15) is 22.3 Å². The fourth-order valence-corrected chi connectivity index (χ4v) is 4.39. The lowest BCUT2D eigenvalue weighted by Crippen LogP contribution is -2.32. The van der Waals surface area contributed by atoms with Crippen molar-refractivity contribution < 1.29 is 22.7 Å². The Hall–Kier alpha value is -2.96. The molecule has 1 saturated heterocycles. The maximum absolute atomic E-state index is 14.1. The van der Waals surface area contributed by atoms with Gasteiger partial charge < -0.3 is 21.5 Å². The van der Waals surface area contributed by atoms with Crippen molar-refractivity contribution in [3.63, 3.8) is 0 Å². The third kappa shape index (κ3) is 4.20. The number of halogens is 3. The van der Waals surface area contributed by atoms with E-state index >= 15 is 0 Å². The number of aromatic nitrogens is 3. The van der Waals surface area contributed by atoms with E-state index in [0.717, 1.165) is 17.4 Å². The Labute approximate surface area is 185 Å². The standard InChI is InChI=1S/C20H21F3N6O2S/c1-29-17(14-6-5-12(24)11(22)8-31-14)13(7-26-29)27-19(30)16-18(25)32-20(28-16)9-3-2-4-10(21)15(9)23/h2-4,7,11-12,14H,5-6,8,24-25H2,1H3,(H,27,30)/t11-,12+,14-/m0/s1. The van der Waals surface area contributed by atoms with E-state index < -0.39 is 35.9 Å². The molecular formula is C20H21F3N6O2S. The number of amides is 1. The van der Waals surface area contributed by atoms with Crippen LogP contribution in [-0.2, 0) is 11.8 Å². The molecule has 4 rings (SSSR count). The van der Waals surface area contributed by atoms with Gasteiger partial charge in [0.15, 0.2) is 17.3 Å². The van der Waals surface area contributed by atoms with Crippen molar-refractivity contribution in [1.82, 2.24) is 14.8 Å². The highest BCUT2D eigenvalue weighted by atomic mass is 32.1. The van der Waals surface area contributed by atoms with Gasteiger partial charge in [-0.2, -0.15) is 5.10 Å². The molecule has 0 unspecified atom stereocenters. The van der Waals surface area contributed by atoms with Crippen LogP contribution in [0.15, 0.2) is 24.4 Å². The smallest absolute Gasteiger partial charge is 0.277 e. The average Bonchev–Trinajstić information content (AvgIpc) is 3.27. The Bertz CT molecular complexity index is 1140. The van der Waals surface area contributed by atoms with E-state index in [1.807, 2.05) is 0 Å². The Morgan fingerprint density at radius 3 is 2.91 bits per heavy atom. The number of rotatable bonds is 4. The van der Waals surface area contributed by atoms with Crippen LogP contribution < -0.4 is 16.8 Å². The molecule has 3 heterocycles. The van der Waals surface area contributed by atoms with Crippen molar-refractivity contribution in [1.29, 1.82) is 0 Å². The molecule has 1 aliphatic rings. The maximum atomic E-state index is 14.1. The van der Waals surface area contributed by atoms with E-state index in [9.17, 15) is 18.0 Å². The molecule has 5 N–H and O–H groups in total. The molecule has 12 heteroatoms. The molecule has 2 aromatic heterocycles. The van der Waals surface area contributed by atoms with Crippen molar-refractivity contribution in [3.05, 3.63) is 47.4 Å². The van der Waals surface area contributed by atoms with E-state index in [1.54, 1.807) is 7.05 Å². The number of nitrogen functional groups attached to an aromatic ring is 1. The maximum Gasteiger partial charge on any atom is 0.277 e. The number of anilines is 2. The third-order valence-electron chi connectivity index (χ3n) is 5.27. The summed E-state index contributed by atoms with van der Waals surface area (Å²) in [6.45, 7) is -0.161. The first kappa shape index (κ1) is 22.2. The predicted octanol–water partition coefficient (Wildman–Crippen LogP) is 3.17. The number of alkyl halides is 1. The van der Waals surface area contributed by atoms with E-state index in [-0.39, 0.29) is 27.9 Å². The van der Waals surface area contributed by atoms with Gasteiger partial charge in [0.2, 0.25) is 0 Å². The highest BCUT2D eigenvalue weighted by Gasteiger charge is 2.30. The van der Waals surface area contributed by atoms with E-state index in [2.05, 4.69) is 15.4 Å². The molecule has 32 heavy (non-hydrogen) atoms. The Balaban J connectivity index is 1.58. The van der Waals surface area contributed by atoms with Crippen LogP contribution in [0.2, 0.25) is 0 Å². The van der Waals surface area contributed by atoms with Crippen LogP contribution in [0.1, 0.15) is 35.1 Å². The van der Waals surface area contributed by atoms with Gasteiger partial charge in [0.05, 0.1) is 24.2 Å². The number of carbonyl (C=O) groups is 1. The largest absolute Gasteiger partial charge is 0.389 e. The predicted molar refractivity (Wildman–Crippen MR) is 114 cm³/mol. The van der Waals surface area contributed by atoms with Crippen LogP contribution in [0.25, 0.3) is 10.6 Å². The van der Waals surface area contributed by atoms with Crippen LogP contribution in [0.3, 0.4) is 0 Å². The molecule has 1 fully saturated rings. The number of thiazole rings is 1. The number of nitrogens with one attached hydrogen (secondary N) is 1. The lowest BCUT2D eigenvalue weighted by atomic mass is 10.0. The van der Waals surface area contributed by atoms with Crippen molar-refractivity contribution >= 4 is 27.9 Å². The second-order valence-electron chi connectivity index (χ2n) is 7.43. The number of hydrogen-bond acceptors (Lipinski definition) is 7. The van der Waals surface area contributed by atoms with Gasteiger partial charge in [-0.25, -0.2) is 18.2 Å². The summed E-state index contributed by atoms with van der Waals surface area (Å²) in [4.78, 5) is 17.0. The molecule has 0 aliphatic carbocycles. The molecule has 1 aromatic carbocycles. The summed E-state index contributed by atoms with van der Waals surface area (Å²) in [6, 6.07) is 3.06. The summed E-state index contributed by atoms with van der Waals surface area (Å²) in [5.74, 6) is -2.75. The van der Waals surface area contributed by atoms with E-state index in [1.165, 1.54) is 23.0 Å². The molecule has 1 aliphatic heterocycles. The zero-order chi connectivity index (χ0) is 23.0. The second-order valence-corrected chi connectivity index (χ2v) is 8.46. The molecule has 0 radical (unpaired) electrons. The van der Waals surface area contributed by atoms with Crippen molar-refractivity contribution in [2.75, 3.05) is 17.7 Å². The minimum atomic E-state index is -1.28. The molecular weight excluding hydrogens is 445 g/mol. The number of nitrogens with zero attached hydrogens (tertiary/aromatic N) is 3. The van der Waals surface area contributed by atoms with Crippen LogP contribution in [0.4, 0.5) is 23.9 Å². The minimum Gasteiger partial charge on any atom is -0.389 e. The third-order valence-corrected chi connectivity index (χ3v) is 6.19. The van der Waals surface area contributed by atoms with Gasteiger partial charge in [0.25, 0.3) is 5.91 Å². The normalized spacial score (nSPS) is 21.3. The molecule has 0 saturated carbocycles. The van der Waals surface area contributed by atoms with Gasteiger partial charge in [-0.05, 0) is 25.0 Å². The second kappa shape index (κ2) is 8.88. The van der Waals surface area contributed by atoms with Crippen LogP contribution in [0.5, 0.6) is 0 Å². The van der Waals surface area contributed by atoms with Gasteiger partial charge >= 0.3 is 0 Å². The van der Waals surface area contributed by atoms with Crippen molar-refractivity contribution in [2.24, 2.45) is 12.8 Å². The Morgan fingerprint density at radius 2 is 2.12 bits per heavy atom. The van der Waals surface area contributed by atoms with Gasteiger partial charge in [-0.1, -0.05) is 17.4 Å². The zero-order valence-electron chi connectivity index (χ0n) is 17.0. The lowest BCUT2D eigenvalue weighted by molar-refractivity contribution is 0.0247. The SMILES string of the molecule is Cn1ncc(NC(=O)c2nc(-c3cccc(F)c3F)sc2N)c1[C@@H]1CC[C@@H](N)[C@@H](F)CO1. The summed E-state index contributed by atoms with van der Waals surface area (Å²) in [7, 11) is 1.67. The van der Waals surface area contributed by atoms with Gasteiger partial charge in [0, 0.05) is 18.7 Å². The molecule has 1 amide bonds. The lowest BCUT2D eigenvalue weighted by Gasteiger charge is -2.17. The molecule has 3 aromatic rings. The molecule has 8 nitrogen and oxygen atoms in total. The van der Waals surface area contributed by atoms with Crippen molar-refractivity contribution in [3.8, 4) is 10.6 Å². The fraction of sp³-hybridized carbons (Fsp3) is 0.350. The fourth-order valence-electron chi connectivity index (χ4n) is 3.54. The van der Waals surface area contributed by atoms with Crippen LogP contribution in [0, 0.1) is 11.6 Å². The number of ether oxygens (including phenoxy) is 1. The first-order chi connectivity index (χ1) is 15.3. The number of hydrogen-bond donors (Lipinski definition) is 3. The number of carbonyl (C=O) groups excluding carboxylic acids is 1. The zero-order valence-corrected chi connectivity index (χ0v) is 17.8. The van der Waals surface area contributed by atoms with Gasteiger partial charge in [-0.15, -0.1) is 0 Å². The number of nitrogens with two attached hydrogens (primary N) is 2. The van der Waals surface area contributed by atoms with Gasteiger partial charge in [-0.3, -0.25) is 9.48 Å². The van der Waals surface area contributed by atoms with Crippen molar-refractivity contribution in [2.45, 2.75) is 31.2 Å². The molecule has 3 atom stereocenters. The first-order valence-corrected chi connectivity index (χ1v) is 10.6.